The first-order chi connectivity index (χ1) is 11.0. The van der Waals surface area contributed by atoms with Crippen LogP contribution in [0.1, 0.15) is 19.3 Å². The Kier molecular flexibility index (Phi) is 5.77. The molecule has 8 heteroatoms. The summed E-state index contributed by atoms with van der Waals surface area (Å²) in [6, 6.07) is 3.04. The van der Waals surface area contributed by atoms with Crippen LogP contribution in [0.2, 0.25) is 0 Å². The van der Waals surface area contributed by atoms with Crippen molar-refractivity contribution in [3.05, 3.63) is 29.8 Å². The van der Waals surface area contributed by atoms with Gasteiger partial charge in [0.15, 0.2) is 0 Å². The maximum absolute atomic E-state index is 13.9. The molecule has 0 aromatic heterocycles. The van der Waals surface area contributed by atoms with Crippen LogP contribution in [0.15, 0.2) is 18.2 Å². The third-order valence-corrected chi connectivity index (χ3v) is 4.44. The van der Waals surface area contributed by atoms with E-state index in [9.17, 15) is 18.4 Å². The van der Waals surface area contributed by atoms with Gasteiger partial charge in [-0.15, -0.1) is 12.4 Å². The highest BCUT2D eigenvalue weighted by atomic mass is 35.5. The van der Waals surface area contributed by atoms with Crippen LogP contribution >= 0.6 is 12.4 Å². The van der Waals surface area contributed by atoms with Gasteiger partial charge in [-0.25, -0.2) is 8.78 Å². The zero-order valence-electron chi connectivity index (χ0n) is 13.1. The molecule has 2 aliphatic rings. The predicted molar refractivity (Wildman–Crippen MR) is 87.9 cm³/mol. The Morgan fingerprint density at radius 3 is 2.67 bits per heavy atom. The number of amides is 2. The van der Waals surface area contributed by atoms with Gasteiger partial charge >= 0.3 is 0 Å². The molecule has 0 radical (unpaired) electrons. The minimum Gasteiger partial charge on any atom is -0.341 e. The van der Waals surface area contributed by atoms with Crippen molar-refractivity contribution in [3.63, 3.8) is 0 Å². The molecule has 0 aliphatic carbocycles. The largest absolute Gasteiger partial charge is 0.341 e. The van der Waals surface area contributed by atoms with Gasteiger partial charge in [0.2, 0.25) is 11.8 Å². The number of hydrogen-bond acceptors (Lipinski definition) is 3. The molecule has 24 heavy (non-hydrogen) atoms. The quantitative estimate of drug-likeness (QED) is 0.873. The molecule has 2 aliphatic heterocycles. The van der Waals surface area contributed by atoms with Gasteiger partial charge in [0.05, 0.1) is 11.6 Å². The van der Waals surface area contributed by atoms with E-state index in [0.29, 0.717) is 13.1 Å². The highest BCUT2D eigenvalue weighted by Gasteiger charge is 2.38. The molecule has 1 aromatic carbocycles. The minimum absolute atomic E-state index is 0. The van der Waals surface area contributed by atoms with Gasteiger partial charge in [-0.3, -0.25) is 9.59 Å². The Morgan fingerprint density at radius 1 is 1.25 bits per heavy atom. The van der Waals surface area contributed by atoms with Gasteiger partial charge in [-0.2, -0.15) is 0 Å². The first kappa shape index (κ1) is 18.6. The molecule has 3 rings (SSSR count). The Bertz CT molecular complexity index is 644. The molecule has 2 atom stereocenters. The fourth-order valence-corrected chi connectivity index (χ4v) is 3.27. The molecule has 132 valence electrons. The third kappa shape index (κ3) is 3.67. The minimum atomic E-state index is -0.800. The Morgan fingerprint density at radius 2 is 2.00 bits per heavy atom. The van der Waals surface area contributed by atoms with Gasteiger partial charge in [0.1, 0.15) is 11.6 Å². The summed E-state index contributed by atoms with van der Waals surface area (Å²) in [5.74, 6) is -2.44. The number of carbonyl (C=O) groups excluding carboxylic acids is 2. The van der Waals surface area contributed by atoms with Crippen molar-refractivity contribution in [3.8, 4) is 0 Å². The van der Waals surface area contributed by atoms with Crippen LogP contribution in [0.4, 0.5) is 14.5 Å². The Hall–Kier alpha value is -1.73. The molecule has 0 saturated carbocycles. The van der Waals surface area contributed by atoms with E-state index >= 15 is 0 Å². The number of nitrogens with two attached hydrogens (primary N) is 1. The number of hydrogen-bond donors (Lipinski definition) is 1. The van der Waals surface area contributed by atoms with Crippen LogP contribution in [-0.2, 0) is 9.59 Å². The highest BCUT2D eigenvalue weighted by Crippen LogP contribution is 2.29. The standard InChI is InChI=1S/C16H19F2N3O2.ClH/c17-11-3-4-14(13(18)7-11)21-8-10(6-15(21)22)16(23)20-5-1-2-12(19)9-20;/h3-4,7,10,12H,1-2,5-6,8-9,19H2;1H. The summed E-state index contributed by atoms with van der Waals surface area (Å²) in [5, 5.41) is 0. The van der Waals surface area contributed by atoms with Crippen molar-refractivity contribution in [2.45, 2.75) is 25.3 Å². The summed E-state index contributed by atoms with van der Waals surface area (Å²) in [5.41, 5.74) is 5.90. The summed E-state index contributed by atoms with van der Waals surface area (Å²) in [7, 11) is 0. The lowest BCUT2D eigenvalue weighted by Gasteiger charge is -2.32. The topological polar surface area (TPSA) is 66.6 Å². The number of rotatable bonds is 2. The molecule has 0 spiro atoms. The van der Waals surface area contributed by atoms with E-state index in [2.05, 4.69) is 0 Å². The molecule has 1 aromatic rings. The van der Waals surface area contributed by atoms with Crippen LogP contribution in [0, 0.1) is 17.6 Å². The fourth-order valence-electron chi connectivity index (χ4n) is 3.27. The van der Waals surface area contributed by atoms with E-state index in [0.717, 1.165) is 25.0 Å². The second-order valence-corrected chi connectivity index (χ2v) is 6.19. The van der Waals surface area contributed by atoms with Crippen molar-refractivity contribution < 1.29 is 18.4 Å². The molecule has 2 amide bonds. The molecular weight excluding hydrogens is 340 g/mol. The van der Waals surface area contributed by atoms with Gasteiger partial charge < -0.3 is 15.5 Å². The van der Waals surface area contributed by atoms with Crippen LogP contribution in [0.25, 0.3) is 0 Å². The molecule has 2 saturated heterocycles. The van der Waals surface area contributed by atoms with Crippen LogP contribution in [-0.4, -0.2) is 42.4 Å². The van der Waals surface area contributed by atoms with Crippen LogP contribution in [0.3, 0.4) is 0 Å². The summed E-state index contributed by atoms with van der Waals surface area (Å²) >= 11 is 0. The normalized spacial score (nSPS) is 24.0. The molecule has 0 bridgehead atoms. The second kappa shape index (κ2) is 7.44. The average Bonchev–Trinajstić information content (AvgIpc) is 2.88. The predicted octanol–water partition coefficient (Wildman–Crippen LogP) is 1.69. The van der Waals surface area contributed by atoms with Crippen molar-refractivity contribution in [2.75, 3.05) is 24.5 Å². The van der Waals surface area contributed by atoms with Crippen LogP contribution < -0.4 is 10.6 Å². The molecule has 2 unspecified atom stereocenters. The van der Waals surface area contributed by atoms with Gasteiger partial charge in [-0.05, 0) is 25.0 Å². The average molecular weight is 360 g/mol. The number of benzene rings is 1. The van der Waals surface area contributed by atoms with E-state index in [4.69, 9.17) is 5.73 Å². The lowest BCUT2D eigenvalue weighted by atomic mass is 10.0. The van der Waals surface area contributed by atoms with E-state index in [1.165, 1.54) is 11.0 Å². The Labute approximate surface area is 145 Å². The lowest BCUT2D eigenvalue weighted by Crippen LogP contribution is -2.48. The maximum atomic E-state index is 13.9. The van der Waals surface area contributed by atoms with E-state index in [1.54, 1.807) is 4.90 Å². The van der Waals surface area contributed by atoms with Gasteiger partial charge in [-0.1, -0.05) is 0 Å². The molecule has 2 heterocycles. The molecule has 5 nitrogen and oxygen atoms in total. The number of likely N-dealkylation sites (tertiary alicyclic amines) is 1. The molecule has 2 N–H and O–H groups in total. The maximum Gasteiger partial charge on any atom is 0.228 e. The second-order valence-electron chi connectivity index (χ2n) is 6.19. The zero-order chi connectivity index (χ0) is 16.6. The monoisotopic (exact) mass is 359 g/mol. The first-order valence-corrected chi connectivity index (χ1v) is 7.75. The summed E-state index contributed by atoms with van der Waals surface area (Å²) in [6.07, 6.45) is 1.78. The number of halogens is 3. The molecule has 2 fully saturated rings. The van der Waals surface area contributed by atoms with Gasteiger partial charge in [0.25, 0.3) is 0 Å². The van der Waals surface area contributed by atoms with Crippen molar-refractivity contribution >= 4 is 29.9 Å². The zero-order valence-corrected chi connectivity index (χ0v) is 13.9. The summed E-state index contributed by atoms with van der Waals surface area (Å²) in [6.45, 7) is 1.25. The first-order valence-electron chi connectivity index (χ1n) is 7.75. The third-order valence-electron chi connectivity index (χ3n) is 4.44. The van der Waals surface area contributed by atoms with Crippen molar-refractivity contribution in [1.29, 1.82) is 0 Å². The number of anilines is 1. The number of piperidine rings is 1. The number of carbonyl (C=O) groups is 2. The van der Waals surface area contributed by atoms with E-state index < -0.39 is 17.6 Å². The van der Waals surface area contributed by atoms with Crippen molar-refractivity contribution in [1.82, 2.24) is 4.90 Å². The van der Waals surface area contributed by atoms with E-state index in [1.807, 2.05) is 0 Å². The Balaban J connectivity index is 0.00000208. The SMILES string of the molecule is Cl.NC1CCCN(C(=O)C2CC(=O)N(c3ccc(F)cc3F)C2)C1. The summed E-state index contributed by atoms with van der Waals surface area (Å²) < 4.78 is 26.9. The lowest BCUT2D eigenvalue weighted by molar-refractivity contribution is -0.136. The fraction of sp³-hybridized carbons (Fsp3) is 0.500. The van der Waals surface area contributed by atoms with Crippen LogP contribution in [0.5, 0.6) is 0 Å². The highest BCUT2D eigenvalue weighted by molar-refractivity contribution is 6.00. The van der Waals surface area contributed by atoms with Crippen molar-refractivity contribution in [2.24, 2.45) is 11.7 Å². The van der Waals surface area contributed by atoms with Gasteiger partial charge in [0, 0.05) is 38.2 Å². The molecular formula is C16H20ClF2N3O2. The summed E-state index contributed by atoms with van der Waals surface area (Å²) in [4.78, 5) is 27.6. The smallest absolute Gasteiger partial charge is 0.228 e. The van der Waals surface area contributed by atoms with E-state index in [-0.39, 0.29) is 48.9 Å². The number of nitrogens with zero attached hydrogens (tertiary/aromatic N) is 2.